The van der Waals surface area contributed by atoms with Crippen LogP contribution >= 0.6 is 11.6 Å². The molecule has 0 spiro atoms. The van der Waals surface area contributed by atoms with Crippen molar-refractivity contribution in [2.45, 2.75) is 19.4 Å². The van der Waals surface area contributed by atoms with E-state index in [1.54, 1.807) is 13.0 Å². The van der Waals surface area contributed by atoms with Crippen molar-refractivity contribution in [1.29, 1.82) is 0 Å². The highest BCUT2D eigenvalue weighted by atomic mass is 35.5. The van der Waals surface area contributed by atoms with Crippen LogP contribution in [0.2, 0.25) is 5.02 Å². The van der Waals surface area contributed by atoms with Crippen LogP contribution in [-0.4, -0.2) is 17.1 Å². The lowest BCUT2D eigenvalue weighted by atomic mass is 10.2. The molecule has 0 amide bonds. The van der Waals surface area contributed by atoms with E-state index in [0.717, 1.165) is 28.3 Å². The van der Waals surface area contributed by atoms with Crippen LogP contribution in [0, 0.1) is 0 Å². The number of anilines is 1. The molecule has 1 aliphatic carbocycles. The molecule has 1 atom stereocenters. The first kappa shape index (κ1) is 9.34. The van der Waals surface area contributed by atoms with E-state index < -0.39 is 12.0 Å². The number of nitrogens with one attached hydrogen (secondary N) is 1. The van der Waals surface area contributed by atoms with E-state index in [-0.39, 0.29) is 0 Å². The highest BCUT2D eigenvalue weighted by Gasteiger charge is 2.25. The fraction of sp³-hybridized carbons (Fsp3) is 0.300. The van der Waals surface area contributed by atoms with Gasteiger partial charge in [-0.3, -0.25) is 4.79 Å². The molecule has 0 bridgehead atoms. The number of aliphatic carboxylic acids is 1. The number of rotatable bonds is 3. The second kappa shape index (κ2) is 3.17. The summed E-state index contributed by atoms with van der Waals surface area (Å²) in [5.74, 6) is -0.852. The van der Waals surface area contributed by atoms with Gasteiger partial charge in [0.15, 0.2) is 0 Å². The zero-order valence-electron chi connectivity index (χ0n) is 7.67. The predicted molar refractivity (Wildman–Crippen MR) is 55.0 cm³/mol. The highest BCUT2D eigenvalue weighted by Crippen LogP contribution is 2.40. The van der Waals surface area contributed by atoms with E-state index in [1.165, 1.54) is 0 Å². The monoisotopic (exact) mass is 211 g/mol. The Kier molecular flexibility index (Phi) is 2.11. The maximum absolute atomic E-state index is 10.6. The Hall–Kier alpha value is -1.22. The van der Waals surface area contributed by atoms with E-state index in [2.05, 4.69) is 5.32 Å². The number of fused-ring (bicyclic) bond motifs is 1. The van der Waals surface area contributed by atoms with Crippen LogP contribution < -0.4 is 5.32 Å². The number of hydrogen-bond donors (Lipinski definition) is 2. The molecule has 1 aliphatic rings. The van der Waals surface area contributed by atoms with Gasteiger partial charge in [-0.25, -0.2) is 0 Å². The highest BCUT2D eigenvalue weighted by molar-refractivity contribution is 6.32. The number of carbonyl (C=O) groups is 1. The first-order valence-corrected chi connectivity index (χ1v) is 4.77. The molecule has 0 saturated heterocycles. The van der Waals surface area contributed by atoms with Crippen molar-refractivity contribution in [3.8, 4) is 0 Å². The van der Waals surface area contributed by atoms with Crippen LogP contribution in [0.5, 0.6) is 0 Å². The van der Waals surface area contributed by atoms with Crippen molar-refractivity contribution in [2.24, 2.45) is 0 Å². The molecule has 2 N–H and O–H groups in total. The Morgan fingerprint density at radius 1 is 1.57 bits per heavy atom. The number of benzene rings is 1. The first-order chi connectivity index (χ1) is 6.59. The fourth-order valence-electron chi connectivity index (χ4n) is 1.41. The summed E-state index contributed by atoms with van der Waals surface area (Å²) in [4.78, 5) is 10.6. The minimum Gasteiger partial charge on any atom is -0.480 e. The number of carboxylic acid groups (broad SMARTS) is 1. The van der Waals surface area contributed by atoms with Crippen LogP contribution in [0.15, 0.2) is 12.1 Å². The SMILES string of the molecule is C[C@H](Nc1ccc(Cl)c2c1C2)C(=O)O. The van der Waals surface area contributed by atoms with Gasteiger partial charge in [-0.2, -0.15) is 0 Å². The van der Waals surface area contributed by atoms with Gasteiger partial charge in [0.25, 0.3) is 0 Å². The summed E-state index contributed by atoms with van der Waals surface area (Å²) in [5, 5.41) is 12.4. The average molecular weight is 212 g/mol. The lowest BCUT2D eigenvalue weighted by Gasteiger charge is -2.10. The van der Waals surface area contributed by atoms with Crippen molar-refractivity contribution in [1.82, 2.24) is 0 Å². The molecule has 4 heteroatoms. The maximum Gasteiger partial charge on any atom is 0.325 e. The summed E-state index contributed by atoms with van der Waals surface area (Å²) in [6.45, 7) is 1.62. The third-order valence-electron chi connectivity index (χ3n) is 2.35. The van der Waals surface area contributed by atoms with Gasteiger partial charge in [0, 0.05) is 17.1 Å². The maximum atomic E-state index is 10.6. The quantitative estimate of drug-likeness (QED) is 0.818. The molecule has 0 aliphatic heterocycles. The van der Waals surface area contributed by atoms with Crippen molar-refractivity contribution in [2.75, 3.05) is 5.32 Å². The Bertz CT molecular complexity index is 403. The summed E-state index contributed by atoms with van der Waals surface area (Å²) >= 11 is 5.89. The molecule has 0 saturated carbocycles. The Labute approximate surface area is 86.7 Å². The normalized spacial score (nSPS) is 14.4. The second-order valence-electron chi connectivity index (χ2n) is 3.43. The molecule has 0 aromatic heterocycles. The predicted octanol–water partition coefficient (Wildman–Crippen LogP) is 2.13. The molecular weight excluding hydrogens is 202 g/mol. The molecule has 14 heavy (non-hydrogen) atoms. The minimum absolute atomic E-state index is 0.569. The number of carboxylic acids is 1. The third kappa shape index (κ3) is 1.55. The van der Waals surface area contributed by atoms with Crippen LogP contribution in [0.4, 0.5) is 5.69 Å². The lowest BCUT2D eigenvalue weighted by molar-refractivity contribution is -0.137. The van der Waals surface area contributed by atoms with Gasteiger partial charge < -0.3 is 10.4 Å². The minimum atomic E-state index is -0.852. The summed E-state index contributed by atoms with van der Waals surface area (Å²) < 4.78 is 0. The van der Waals surface area contributed by atoms with E-state index in [1.807, 2.05) is 6.07 Å². The summed E-state index contributed by atoms with van der Waals surface area (Å²) in [7, 11) is 0. The molecule has 0 fully saturated rings. The smallest absolute Gasteiger partial charge is 0.325 e. The Morgan fingerprint density at radius 2 is 2.29 bits per heavy atom. The van der Waals surface area contributed by atoms with Crippen molar-refractivity contribution in [3.63, 3.8) is 0 Å². The van der Waals surface area contributed by atoms with Crippen LogP contribution in [0.3, 0.4) is 0 Å². The van der Waals surface area contributed by atoms with Gasteiger partial charge in [-0.15, -0.1) is 0 Å². The van der Waals surface area contributed by atoms with Gasteiger partial charge >= 0.3 is 5.97 Å². The first-order valence-electron chi connectivity index (χ1n) is 4.39. The fourth-order valence-corrected chi connectivity index (χ4v) is 1.65. The van der Waals surface area contributed by atoms with E-state index in [9.17, 15) is 4.79 Å². The molecule has 0 unspecified atom stereocenters. The number of hydrogen-bond acceptors (Lipinski definition) is 2. The molecule has 0 heterocycles. The van der Waals surface area contributed by atoms with Gasteiger partial charge in [0.2, 0.25) is 0 Å². The van der Waals surface area contributed by atoms with Gasteiger partial charge in [-0.05, 0) is 30.2 Å². The van der Waals surface area contributed by atoms with Crippen LogP contribution in [-0.2, 0) is 11.2 Å². The molecule has 2 rings (SSSR count). The second-order valence-corrected chi connectivity index (χ2v) is 3.84. The van der Waals surface area contributed by atoms with Crippen molar-refractivity contribution >= 4 is 23.3 Å². The largest absolute Gasteiger partial charge is 0.480 e. The summed E-state index contributed by atoms with van der Waals surface area (Å²) in [6.07, 6.45) is 0.876. The van der Waals surface area contributed by atoms with Gasteiger partial charge in [-0.1, -0.05) is 11.6 Å². The standard InChI is InChI=1S/C10H10ClNO2/c1-5(10(13)14)12-9-3-2-8(11)6-4-7(6)9/h2-3,5,12H,4H2,1H3,(H,13,14)/t5-/m0/s1. The molecule has 3 nitrogen and oxygen atoms in total. The molecule has 74 valence electrons. The van der Waals surface area contributed by atoms with E-state index in [4.69, 9.17) is 16.7 Å². The van der Waals surface area contributed by atoms with E-state index >= 15 is 0 Å². The molecule has 1 aromatic carbocycles. The van der Waals surface area contributed by atoms with Crippen LogP contribution in [0.25, 0.3) is 0 Å². The Balaban J connectivity index is 2.17. The van der Waals surface area contributed by atoms with Gasteiger partial charge in [0.05, 0.1) is 0 Å². The zero-order chi connectivity index (χ0) is 10.3. The van der Waals surface area contributed by atoms with E-state index in [0.29, 0.717) is 0 Å². The molecular formula is C10H10ClNO2. The van der Waals surface area contributed by atoms with Crippen molar-refractivity contribution in [3.05, 3.63) is 28.3 Å². The zero-order valence-corrected chi connectivity index (χ0v) is 8.43. The lowest BCUT2D eigenvalue weighted by Crippen LogP contribution is -2.25. The summed E-state index contributed by atoms with van der Waals surface area (Å²) in [6, 6.07) is 3.05. The third-order valence-corrected chi connectivity index (χ3v) is 2.70. The summed E-state index contributed by atoms with van der Waals surface area (Å²) in [5.41, 5.74) is 3.17. The van der Waals surface area contributed by atoms with Crippen LogP contribution in [0.1, 0.15) is 18.1 Å². The van der Waals surface area contributed by atoms with Gasteiger partial charge in [0.1, 0.15) is 6.04 Å². The molecule has 0 radical (unpaired) electrons. The molecule has 1 aromatic rings. The van der Waals surface area contributed by atoms with Crippen molar-refractivity contribution < 1.29 is 9.90 Å². The topological polar surface area (TPSA) is 49.3 Å². The number of halogens is 1. The Morgan fingerprint density at radius 3 is 2.93 bits per heavy atom. The average Bonchev–Trinajstić information content (AvgIpc) is 2.89.